The minimum absolute atomic E-state index is 0.110. The highest BCUT2D eigenvalue weighted by molar-refractivity contribution is 7.92. The summed E-state index contributed by atoms with van der Waals surface area (Å²) >= 11 is 0. The molecule has 0 unspecified atom stereocenters. The Morgan fingerprint density at radius 3 is 2.41 bits per heavy atom. The zero-order valence-electron chi connectivity index (χ0n) is 16.8. The van der Waals surface area contributed by atoms with Crippen LogP contribution in [-0.4, -0.2) is 51.6 Å². The minimum Gasteiger partial charge on any atom is -0.481 e. The molecule has 156 valence electrons. The fraction of sp³-hybridized carbons (Fsp3) is 0.381. The number of amides is 1. The number of ether oxygens (including phenoxy) is 2. The third-order valence-electron chi connectivity index (χ3n) is 4.97. The number of nitrogens with zero attached hydrogens (tertiary/aromatic N) is 1. The van der Waals surface area contributed by atoms with Gasteiger partial charge in [-0.25, -0.2) is 8.42 Å². The highest BCUT2D eigenvalue weighted by atomic mass is 32.2. The summed E-state index contributed by atoms with van der Waals surface area (Å²) in [6, 6.07) is 11.5. The summed E-state index contributed by atoms with van der Waals surface area (Å²) in [5.41, 5.74) is 2.44. The zero-order chi connectivity index (χ0) is 21.0. The third-order valence-corrected chi connectivity index (χ3v) is 6.35. The number of anilines is 1. The first kappa shape index (κ1) is 21.1. The third kappa shape index (κ3) is 5.07. The molecule has 0 spiro atoms. The topological polar surface area (TPSA) is 84.9 Å². The van der Waals surface area contributed by atoms with Gasteiger partial charge in [0.2, 0.25) is 0 Å². The highest BCUT2D eigenvalue weighted by Crippen LogP contribution is 2.23. The van der Waals surface area contributed by atoms with Gasteiger partial charge in [0.15, 0.2) is 6.10 Å². The molecule has 8 heteroatoms. The van der Waals surface area contributed by atoms with Crippen molar-refractivity contribution in [2.24, 2.45) is 0 Å². The maximum absolute atomic E-state index is 12.7. The van der Waals surface area contributed by atoms with Crippen molar-refractivity contribution in [3.63, 3.8) is 0 Å². The summed E-state index contributed by atoms with van der Waals surface area (Å²) in [7, 11) is -3.73. The quantitative estimate of drug-likeness (QED) is 0.780. The second kappa shape index (κ2) is 8.84. The monoisotopic (exact) mass is 418 g/mol. The first-order valence-electron chi connectivity index (χ1n) is 9.50. The van der Waals surface area contributed by atoms with Crippen LogP contribution in [0.5, 0.6) is 5.75 Å². The van der Waals surface area contributed by atoms with Gasteiger partial charge in [0.25, 0.3) is 15.9 Å². The molecule has 1 atom stereocenters. The molecule has 2 aromatic carbocycles. The van der Waals surface area contributed by atoms with Crippen LogP contribution in [0, 0.1) is 13.8 Å². The Balaban J connectivity index is 1.67. The molecule has 2 aromatic rings. The van der Waals surface area contributed by atoms with Crippen LogP contribution in [-0.2, 0) is 19.6 Å². The lowest BCUT2D eigenvalue weighted by molar-refractivity contribution is -0.142. The van der Waals surface area contributed by atoms with Gasteiger partial charge in [0.05, 0.1) is 23.8 Å². The van der Waals surface area contributed by atoms with E-state index in [1.807, 2.05) is 26.0 Å². The van der Waals surface area contributed by atoms with E-state index in [1.165, 1.54) is 12.1 Å². The predicted octanol–water partition coefficient (Wildman–Crippen LogP) is 2.73. The van der Waals surface area contributed by atoms with E-state index in [-0.39, 0.29) is 10.8 Å². The van der Waals surface area contributed by atoms with Crippen LogP contribution in [0.4, 0.5) is 5.69 Å². The Hall–Kier alpha value is -2.58. The van der Waals surface area contributed by atoms with Crippen molar-refractivity contribution in [1.82, 2.24) is 4.90 Å². The molecule has 1 heterocycles. The molecule has 3 rings (SSSR count). The highest BCUT2D eigenvalue weighted by Gasteiger charge is 2.24. The molecule has 1 N–H and O–H groups in total. The zero-order valence-corrected chi connectivity index (χ0v) is 17.7. The van der Waals surface area contributed by atoms with E-state index in [0.717, 1.165) is 11.1 Å². The summed E-state index contributed by atoms with van der Waals surface area (Å²) in [6.45, 7) is 7.64. The molecule has 29 heavy (non-hydrogen) atoms. The van der Waals surface area contributed by atoms with Gasteiger partial charge >= 0.3 is 0 Å². The average molecular weight is 419 g/mol. The van der Waals surface area contributed by atoms with Crippen molar-refractivity contribution in [1.29, 1.82) is 0 Å². The van der Waals surface area contributed by atoms with E-state index < -0.39 is 16.1 Å². The van der Waals surface area contributed by atoms with Crippen molar-refractivity contribution in [2.45, 2.75) is 31.8 Å². The minimum atomic E-state index is -3.73. The van der Waals surface area contributed by atoms with Gasteiger partial charge < -0.3 is 14.4 Å². The van der Waals surface area contributed by atoms with Gasteiger partial charge in [-0.2, -0.15) is 0 Å². The number of sulfonamides is 1. The van der Waals surface area contributed by atoms with Crippen LogP contribution in [0.25, 0.3) is 0 Å². The van der Waals surface area contributed by atoms with Gasteiger partial charge in [-0.05, 0) is 62.2 Å². The lowest BCUT2D eigenvalue weighted by Crippen LogP contribution is -2.46. The maximum Gasteiger partial charge on any atom is 0.263 e. The lowest BCUT2D eigenvalue weighted by Gasteiger charge is -2.29. The number of carbonyl (C=O) groups excluding carboxylic acids is 1. The number of morpholine rings is 1. The first-order chi connectivity index (χ1) is 13.8. The maximum atomic E-state index is 12.7. The van der Waals surface area contributed by atoms with Crippen LogP contribution >= 0.6 is 0 Å². The molecule has 0 radical (unpaired) electrons. The number of nitrogens with one attached hydrogen (secondary N) is 1. The number of aryl methyl sites for hydroxylation is 1. The van der Waals surface area contributed by atoms with Crippen LogP contribution in [0.1, 0.15) is 18.1 Å². The van der Waals surface area contributed by atoms with E-state index >= 15 is 0 Å². The molecule has 1 saturated heterocycles. The van der Waals surface area contributed by atoms with Gasteiger partial charge in [-0.15, -0.1) is 0 Å². The van der Waals surface area contributed by atoms with Crippen molar-refractivity contribution >= 4 is 21.6 Å². The summed E-state index contributed by atoms with van der Waals surface area (Å²) in [4.78, 5) is 14.3. The van der Waals surface area contributed by atoms with Gasteiger partial charge in [0, 0.05) is 13.1 Å². The Bertz CT molecular complexity index is 967. The van der Waals surface area contributed by atoms with Crippen LogP contribution in [0.15, 0.2) is 47.4 Å². The van der Waals surface area contributed by atoms with Crippen LogP contribution in [0.2, 0.25) is 0 Å². The second-order valence-corrected chi connectivity index (χ2v) is 8.70. The Morgan fingerprint density at radius 2 is 1.76 bits per heavy atom. The van der Waals surface area contributed by atoms with Crippen LogP contribution < -0.4 is 9.46 Å². The van der Waals surface area contributed by atoms with Gasteiger partial charge in [-0.3, -0.25) is 9.52 Å². The Kier molecular flexibility index (Phi) is 6.44. The van der Waals surface area contributed by atoms with Crippen molar-refractivity contribution in [3.05, 3.63) is 53.6 Å². The molecule has 1 amide bonds. The van der Waals surface area contributed by atoms with E-state index in [0.29, 0.717) is 37.7 Å². The normalized spacial score (nSPS) is 15.6. The number of rotatable bonds is 6. The predicted molar refractivity (Wildman–Crippen MR) is 111 cm³/mol. The standard InChI is InChI=1S/C21H26N2O5S/c1-15-5-4-6-20(16(15)2)22-29(25,26)19-9-7-18(8-10-19)28-17(3)21(24)23-11-13-27-14-12-23/h4-10,17,22H,11-14H2,1-3H3/t17-/m1/s1. The molecular formula is C21H26N2O5S. The van der Waals surface area contributed by atoms with Crippen molar-refractivity contribution < 1.29 is 22.7 Å². The molecular weight excluding hydrogens is 392 g/mol. The van der Waals surface area contributed by atoms with E-state index in [9.17, 15) is 13.2 Å². The number of benzene rings is 2. The summed E-state index contributed by atoms with van der Waals surface area (Å²) in [5.74, 6) is 0.325. The van der Waals surface area contributed by atoms with Crippen LogP contribution in [0.3, 0.4) is 0 Å². The summed E-state index contributed by atoms with van der Waals surface area (Å²) in [5, 5.41) is 0. The molecule has 7 nitrogen and oxygen atoms in total. The summed E-state index contributed by atoms with van der Waals surface area (Å²) in [6.07, 6.45) is -0.663. The second-order valence-electron chi connectivity index (χ2n) is 7.02. The number of carbonyl (C=O) groups is 1. The smallest absolute Gasteiger partial charge is 0.263 e. The fourth-order valence-corrected chi connectivity index (χ4v) is 4.18. The van der Waals surface area contributed by atoms with E-state index in [2.05, 4.69) is 4.72 Å². The molecule has 1 fully saturated rings. The SMILES string of the molecule is Cc1cccc(NS(=O)(=O)c2ccc(O[C@H](C)C(=O)N3CCOCC3)cc2)c1C. The first-order valence-corrected chi connectivity index (χ1v) is 11.0. The number of hydrogen-bond donors (Lipinski definition) is 1. The molecule has 0 bridgehead atoms. The van der Waals surface area contributed by atoms with Crippen molar-refractivity contribution in [2.75, 3.05) is 31.0 Å². The van der Waals surface area contributed by atoms with Gasteiger partial charge in [-0.1, -0.05) is 12.1 Å². The van der Waals surface area contributed by atoms with E-state index in [1.54, 1.807) is 30.0 Å². The molecule has 1 aliphatic heterocycles. The Labute approximate surface area is 171 Å². The van der Waals surface area contributed by atoms with Crippen molar-refractivity contribution in [3.8, 4) is 5.75 Å². The van der Waals surface area contributed by atoms with Gasteiger partial charge in [0.1, 0.15) is 5.75 Å². The lowest BCUT2D eigenvalue weighted by atomic mass is 10.1. The summed E-state index contributed by atoms with van der Waals surface area (Å²) < 4.78 is 39.0. The average Bonchev–Trinajstić information content (AvgIpc) is 2.72. The molecule has 1 aliphatic rings. The fourth-order valence-electron chi connectivity index (χ4n) is 3.06. The molecule has 0 saturated carbocycles. The molecule has 0 aromatic heterocycles. The molecule has 0 aliphatic carbocycles. The number of hydrogen-bond acceptors (Lipinski definition) is 5. The van der Waals surface area contributed by atoms with E-state index in [4.69, 9.17) is 9.47 Å². The Morgan fingerprint density at radius 1 is 1.10 bits per heavy atom. The largest absolute Gasteiger partial charge is 0.481 e.